The third kappa shape index (κ3) is 4.14. The molecule has 3 heteroatoms. The molecule has 1 aliphatic rings. The van der Waals surface area contributed by atoms with E-state index in [1.165, 1.54) is 6.08 Å². The Kier molecular flexibility index (Phi) is 5.58. The van der Waals surface area contributed by atoms with Gasteiger partial charge in [0.15, 0.2) is 5.78 Å². The first kappa shape index (κ1) is 12.4. The molecular formula is C12H20O3. The van der Waals surface area contributed by atoms with Crippen LogP contribution in [0.25, 0.3) is 0 Å². The normalized spacial score (nSPS) is 25.1. The SMILES string of the molecule is O=C1C=CC(O)C1CCCCCCCO. The number of carbonyl (C=O) groups excluding carboxylic acids is 1. The Morgan fingerprint density at radius 3 is 2.40 bits per heavy atom. The summed E-state index contributed by atoms with van der Waals surface area (Å²) in [5.74, 6) is -0.124. The van der Waals surface area contributed by atoms with E-state index in [4.69, 9.17) is 5.11 Å². The number of ketones is 1. The van der Waals surface area contributed by atoms with E-state index >= 15 is 0 Å². The topological polar surface area (TPSA) is 57.5 Å². The number of aliphatic hydroxyl groups is 2. The van der Waals surface area contributed by atoms with Gasteiger partial charge in [-0.25, -0.2) is 0 Å². The van der Waals surface area contributed by atoms with Crippen molar-refractivity contribution in [3.8, 4) is 0 Å². The van der Waals surface area contributed by atoms with Crippen LogP contribution in [-0.4, -0.2) is 28.7 Å². The van der Waals surface area contributed by atoms with Gasteiger partial charge in [-0.2, -0.15) is 0 Å². The first-order chi connectivity index (χ1) is 7.25. The Balaban J connectivity index is 2.03. The highest BCUT2D eigenvalue weighted by Gasteiger charge is 2.27. The molecule has 0 aromatic carbocycles. The molecule has 0 saturated carbocycles. The number of carbonyl (C=O) groups is 1. The molecule has 0 aliphatic heterocycles. The maximum Gasteiger partial charge on any atom is 0.161 e. The first-order valence-corrected chi connectivity index (χ1v) is 5.76. The lowest BCUT2D eigenvalue weighted by Crippen LogP contribution is -2.19. The van der Waals surface area contributed by atoms with E-state index < -0.39 is 6.10 Å². The number of hydrogen-bond donors (Lipinski definition) is 2. The van der Waals surface area contributed by atoms with E-state index in [1.807, 2.05) is 0 Å². The summed E-state index contributed by atoms with van der Waals surface area (Å²) in [6.07, 6.45) is 8.38. The lowest BCUT2D eigenvalue weighted by molar-refractivity contribution is -0.119. The van der Waals surface area contributed by atoms with Crippen molar-refractivity contribution in [1.82, 2.24) is 0 Å². The molecule has 0 saturated heterocycles. The Labute approximate surface area is 90.8 Å². The van der Waals surface area contributed by atoms with Crippen LogP contribution in [0.4, 0.5) is 0 Å². The maximum absolute atomic E-state index is 11.3. The minimum atomic E-state index is -0.560. The second kappa shape index (κ2) is 6.75. The van der Waals surface area contributed by atoms with Gasteiger partial charge >= 0.3 is 0 Å². The van der Waals surface area contributed by atoms with Crippen molar-refractivity contribution in [1.29, 1.82) is 0 Å². The molecular weight excluding hydrogens is 192 g/mol. The Bertz CT molecular complexity index is 223. The van der Waals surface area contributed by atoms with Crippen molar-refractivity contribution >= 4 is 5.78 Å². The zero-order valence-electron chi connectivity index (χ0n) is 9.06. The van der Waals surface area contributed by atoms with E-state index in [9.17, 15) is 9.90 Å². The summed E-state index contributed by atoms with van der Waals surface area (Å²) in [6, 6.07) is 0. The number of aliphatic hydroxyl groups excluding tert-OH is 2. The van der Waals surface area contributed by atoms with E-state index in [-0.39, 0.29) is 18.3 Å². The summed E-state index contributed by atoms with van der Waals surface area (Å²) in [5, 5.41) is 18.0. The average molecular weight is 212 g/mol. The van der Waals surface area contributed by atoms with E-state index in [0.717, 1.165) is 38.5 Å². The lowest BCUT2D eigenvalue weighted by Gasteiger charge is -2.12. The molecule has 1 aliphatic carbocycles. The molecule has 0 fully saturated rings. The minimum absolute atomic E-state index is 0.0675. The van der Waals surface area contributed by atoms with Crippen LogP contribution in [-0.2, 0) is 4.79 Å². The van der Waals surface area contributed by atoms with Crippen LogP contribution in [0.3, 0.4) is 0 Å². The number of allylic oxidation sites excluding steroid dienone is 1. The van der Waals surface area contributed by atoms with Crippen molar-refractivity contribution in [2.45, 2.75) is 44.6 Å². The van der Waals surface area contributed by atoms with Gasteiger partial charge in [-0.1, -0.05) is 31.8 Å². The van der Waals surface area contributed by atoms with Crippen molar-refractivity contribution in [3.05, 3.63) is 12.2 Å². The van der Waals surface area contributed by atoms with Crippen molar-refractivity contribution in [2.24, 2.45) is 5.92 Å². The molecule has 2 atom stereocenters. The largest absolute Gasteiger partial charge is 0.396 e. The summed E-state index contributed by atoms with van der Waals surface area (Å²) < 4.78 is 0. The van der Waals surface area contributed by atoms with Crippen molar-refractivity contribution < 1.29 is 15.0 Å². The van der Waals surface area contributed by atoms with Crippen molar-refractivity contribution in [2.75, 3.05) is 6.61 Å². The lowest BCUT2D eigenvalue weighted by atomic mass is 9.96. The van der Waals surface area contributed by atoms with Gasteiger partial charge in [0.25, 0.3) is 0 Å². The van der Waals surface area contributed by atoms with Crippen LogP contribution in [0.5, 0.6) is 0 Å². The summed E-state index contributed by atoms with van der Waals surface area (Å²) in [7, 11) is 0. The fraction of sp³-hybridized carbons (Fsp3) is 0.750. The summed E-state index contributed by atoms with van der Waals surface area (Å²) >= 11 is 0. The molecule has 0 heterocycles. The summed E-state index contributed by atoms with van der Waals surface area (Å²) in [6.45, 7) is 0.268. The van der Waals surface area contributed by atoms with Crippen molar-refractivity contribution in [3.63, 3.8) is 0 Å². The predicted molar refractivity (Wildman–Crippen MR) is 58.4 cm³/mol. The van der Waals surface area contributed by atoms with Crippen LogP contribution >= 0.6 is 0 Å². The number of hydrogen-bond acceptors (Lipinski definition) is 3. The molecule has 0 spiro atoms. The third-order valence-corrected chi connectivity index (χ3v) is 2.91. The van der Waals surface area contributed by atoms with Crippen LogP contribution < -0.4 is 0 Å². The van der Waals surface area contributed by atoms with E-state index in [0.29, 0.717) is 0 Å². The fourth-order valence-corrected chi connectivity index (χ4v) is 1.94. The van der Waals surface area contributed by atoms with Gasteiger partial charge in [0.2, 0.25) is 0 Å². The van der Waals surface area contributed by atoms with Crippen LogP contribution in [0.15, 0.2) is 12.2 Å². The van der Waals surface area contributed by atoms with Gasteiger partial charge in [-0.05, 0) is 18.9 Å². The summed E-state index contributed by atoms with van der Waals surface area (Å²) in [5.41, 5.74) is 0. The smallest absolute Gasteiger partial charge is 0.161 e. The van der Waals surface area contributed by atoms with Gasteiger partial charge in [0.1, 0.15) is 0 Å². The fourth-order valence-electron chi connectivity index (χ4n) is 1.94. The monoisotopic (exact) mass is 212 g/mol. The number of rotatable bonds is 7. The molecule has 86 valence electrons. The second-order valence-electron chi connectivity index (χ2n) is 4.14. The highest BCUT2D eigenvalue weighted by Crippen LogP contribution is 2.22. The standard InChI is InChI=1S/C12H20O3/c13-9-5-3-1-2-4-6-10-11(14)7-8-12(10)15/h7-8,10-11,13-14H,1-6,9H2. The van der Waals surface area contributed by atoms with E-state index in [2.05, 4.69) is 0 Å². The average Bonchev–Trinajstić information content (AvgIpc) is 2.54. The molecule has 1 rings (SSSR count). The Morgan fingerprint density at radius 1 is 1.13 bits per heavy atom. The molecule has 3 nitrogen and oxygen atoms in total. The first-order valence-electron chi connectivity index (χ1n) is 5.76. The number of unbranched alkanes of at least 4 members (excludes halogenated alkanes) is 4. The minimum Gasteiger partial charge on any atom is -0.396 e. The molecule has 15 heavy (non-hydrogen) atoms. The van der Waals surface area contributed by atoms with Gasteiger partial charge in [0, 0.05) is 6.61 Å². The second-order valence-corrected chi connectivity index (χ2v) is 4.14. The quantitative estimate of drug-likeness (QED) is 0.628. The zero-order valence-corrected chi connectivity index (χ0v) is 9.06. The highest BCUT2D eigenvalue weighted by atomic mass is 16.3. The van der Waals surface area contributed by atoms with Crippen LogP contribution in [0.2, 0.25) is 0 Å². The Hall–Kier alpha value is -0.670. The predicted octanol–water partition coefficient (Wildman–Crippen LogP) is 1.44. The van der Waals surface area contributed by atoms with E-state index in [1.54, 1.807) is 6.08 Å². The van der Waals surface area contributed by atoms with Gasteiger partial charge < -0.3 is 10.2 Å². The van der Waals surface area contributed by atoms with Gasteiger partial charge in [-0.15, -0.1) is 0 Å². The van der Waals surface area contributed by atoms with Gasteiger partial charge in [0.05, 0.1) is 12.0 Å². The molecule has 0 aromatic heterocycles. The van der Waals surface area contributed by atoms with Gasteiger partial charge in [-0.3, -0.25) is 4.79 Å². The molecule has 0 amide bonds. The van der Waals surface area contributed by atoms with Crippen LogP contribution in [0.1, 0.15) is 38.5 Å². The molecule has 2 unspecified atom stereocenters. The molecule has 2 N–H and O–H groups in total. The molecule has 0 bridgehead atoms. The molecule has 0 radical (unpaired) electrons. The molecule has 0 aromatic rings. The zero-order chi connectivity index (χ0) is 11.1. The summed E-state index contributed by atoms with van der Waals surface area (Å²) in [4.78, 5) is 11.3. The van der Waals surface area contributed by atoms with Crippen LogP contribution in [0, 0.1) is 5.92 Å². The Morgan fingerprint density at radius 2 is 1.80 bits per heavy atom. The third-order valence-electron chi connectivity index (χ3n) is 2.91. The highest BCUT2D eigenvalue weighted by molar-refractivity contribution is 5.94. The maximum atomic E-state index is 11.3.